The molecule has 1 aliphatic carbocycles. The minimum atomic E-state index is -0.290. The van der Waals surface area contributed by atoms with Crippen molar-refractivity contribution in [2.75, 3.05) is 6.61 Å². The third-order valence-corrected chi connectivity index (χ3v) is 7.27. The van der Waals surface area contributed by atoms with Crippen LogP contribution in [0.5, 0.6) is 11.5 Å². The molecule has 3 nitrogen and oxygen atoms in total. The second-order valence-corrected chi connectivity index (χ2v) is 10.5. The van der Waals surface area contributed by atoms with Crippen LogP contribution in [0.3, 0.4) is 0 Å². The normalized spacial score (nSPS) is 27.9. The zero-order valence-electron chi connectivity index (χ0n) is 19.3. The summed E-state index contributed by atoms with van der Waals surface area (Å²) in [6.45, 7) is 19.6. The topological polar surface area (TPSA) is 38.7 Å². The second-order valence-electron chi connectivity index (χ2n) is 10.5. The van der Waals surface area contributed by atoms with Gasteiger partial charge in [-0.3, -0.25) is 0 Å². The van der Waals surface area contributed by atoms with Crippen molar-refractivity contribution in [2.45, 2.75) is 84.8 Å². The van der Waals surface area contributed by atoms with Crippen LogP contribution < -0.4 is 9.47 Å². The number of allylic oxidation sites excluding steroid dienone is 2. The number of hydrogen-bond donors (Lipinski definition) is 1. The maximum absolute atomic E-state index is 10.7. The van der Waals surface area contributed by atoms with Gasteiger partial charge in [0.25, 0.3) is 0 Å². The van der Waals surface area contributed by atoms with E-state index in [2.05, 4.69) is 73.3 Å². The highest BCUT2D eigenvalue weighted by molar-refractivity contribution is 5.52. The summed E-state index contributed by atoms with van der Waals surface area (Å²) in [5.74, 6) is 2.05. The van der Waals surface area contributed by atoms with E-state index in [0.29, 0.717) is 6.61 Å². The van der Waals surface area contributed by atoms with Crippen LogP contribution in [-0.2, 0) is 11.8 Å². The maximum atomic E-state index is 10.7. The molecular formula is C26H38O3. The van der Waals surface area contributed by atoms with Crippen molar-refractivity contribution in [3.8, 4) is 11.5 Å². The third-order valence-electron chi connectivity index (χ3n) is 7.27. The van der Waals surface area contributed by atoms with E-state index in [9.17, 15) is 5.11 Å². The van der Waals surface area contributed by atoms with Gasteiger partial charge in [0.2, 0.25) is 0 Å². The van der Waals surface area contributed by atoms with Gasteiger partial charge in [-0.05, 0) is 63.2 Å². The molecule has 1 heterocycles. The van der Waals surface area contributed by atoms with Crippen LogP contribution in [0.2, 0.25) is 0 Å². The Morgan fingerprint density at radius 3 is 2.62 bits per heavy atom. The van der Waals surface area contributed by atoms with E-state index in [4.69, 9.17) is 9.47 Å². The molecule has 0 bridgehead atoms. The van der Waals surface area contributed by atoms with Crippen LogP contribution in [0.25, 0.3) is 0 Å². The van der Waals surface area contributed by atoms with Crippen LogP contribution in [0.1, 0.15) is 72.4 Å². The van der Waals surface area contributed by atoms with Gasteiger partial charge >= 0.3 is 0 Å². The van der Waals surface area contributed by atoms with Crippen LogP contribution >= 0.6 is 0 Å². The fourth-order valence-corrected chi connectivity index (χ4v) is 4.95. The summed E-state index contributed by atoms with van der Waals surface area (Å²) in [5, 5.41) is 10.7. The molecular weight excluding hydrogens is 360 g/mol. The summed E-state index contributed by atoms with van der Waals surface area (Å²) < 4.78 is 12.8. The summed E-state index contributed by atoms with van der Waals surface area (Å²) in [6, 6.07) is 4.32. The van der Waals surface area contributed by atoms with Gasteiger partial charge in [0, 0.05) is 23.0 Å². The Hall–Kier alpha value is -1.74. The number of aliphatic hydroxyl groups excluding tert-OH is 1. The molecule has 3 heteroatoms. The lowest BCUT2D eigenvalue weighted by Gasteiger charge is -2.55. The Kier molecular flexibility index (Phi) is 5.68. The van der Waals surface area contributed by atoms with E-state index in [1.807, 2.05) is 6.08 Å². The number of benzene rings is 1. The van der Waals surface area contributed by atoms with Crippen molar-refractivity contribution in [2.24, 2.45) is 11.3 Å². The highest BCUT2D eigenvalue weighted by Crippen LogP contribution is 2.54. The monoisotopic (exact) mass is 398 g/mol. The minimum Gasteiger partial charge on any atom is -0.489 e. The second kappa shape index (κ2) is 7.50. The summed E-state index contributed by atoms with van der Waals surface area (Å²) in [6.07, 6.45) is 6.33. The Bertz CT molecular complexity index is 813. The SMILES string of the molecule is C=CC(C)(C)c1cc2c(cc1OCC=C(C)C)O[C@]1(C)CC[C@@H](O)C(C)(C)[C@H]1C2. The molecule has 1 aromatic carbocycles. The molecule has 0 spiro atoms. The number of fused-ring (bicyclic) bond motifs is 2. The summed E-state index contributed by atoms with van der Waals surface area (Å²) in [7, 11) is 0. The zero-order chi connectivity index (χ0) is 21.6. The molecule has 29 heavy (non-hydrogen) atoms. The molecule has 1 aliphatic heterocycles. The third kappa shape index (κ3) is 3.99. The standard InChI is InChI=1S/C26H38O3/c1-9-24(4,5)19-14-18-15-22-25(6,7)23(27)10-12-26(22,8)29-20(18)16-21(19)28-13-11-17(2)3/h9,11,14,16,22-23,27H,1,10,12-13,15H2,2-8H3/t22-,23-,26-/m1/s1. The van der Waals surface area contributed by atoms with Gasteiger partial charge < -0.3 is 14.6 Å². The van der Waals surface area contributed by atoms with Gasteiger partial charge in [-0.1, -0.05) is 39.3 Å². The number of rotatable bonds is 5. The van der Waals surface area contributed by atoms with E-state index in [1.54, 1.807) is 0 Å². The molecule has 3 atom stereocenters. The molecule has 0 radical (unpaired) electrons. The Labute approximate surface area is 176 Å². The molecule has 0 unspecified atom stereocenters. The lowest BCUT2D eigenvalue weighted by molar-refractivity contribution is -0.137. The first kappa shape index (κ1) is 22.0. The van der Waals surface area contributed by atoms with Gasteiger partial charge in [-0.15, -0.1) is 6.58 Å². The summed E-state index contributed by atoms with van der Waals surface area (Å²) >= 11 is 0. The molecule has 1 saturated carbocycles. The smallest absolute Gasteiger partial charge is 0.127 e. The average molecular weight is 399 g/mol. The molecule has 1 fully saturated rings. The van der Waals surface area contributed by atoms with Crippen molar-refractivity contribution in [1.82, 2.24) is 0 Å². The number of aliphatic hydroxyl groups is 1. The van der Waals surface area contributed by atoms with Crippen molar-refractivity contribution >= 4 is 0 Å². The Balaban J connectivity index is 2.05. The molecule has 0 amide bonds. The van der Waals surface area contributed by atoms with E-state index < -0.39 is 0 Å². The number of ether oxygens (including phenoxy) is 2. The highest BCUT2D eigenvalue weighted by Gasteiger charge is 2.54. The molecule has 0 aromatic heterocycles. The van der Waals surface area contributed by atoms with E-state index in [1.165, 1.54) is 11.1 Å². The first-order chi connectivity index (χ1) is 13.4. The maximum Gasteiger partial charge on any atom is 0.127 e. The van der Waals surface area contributed by atoms with Gasteiger partial charge in [-0.25, -0.2) is 0 Å². The summed E-state index contributed by atoms with van der Waals surface area (Å²) in [4.78, 5) is 0. The van der Waals surface area contributed by atoms with E-state index >= 15 is 0 Å². The van der Waals surface area contributed by atoms with Crippen molar-refractivity contribution < 1.29 is 14.6 Å². The number of hydrogen-bond acceptors (Lipinski definition) is 3. The lowest BCUT2D eigenvalue weighted by Crippen LogP contribution is -2.58. The predicted octanol–water partition coefficient (Wildman–Crippen LogP) is 5.99. The fraction of sp³-hybridized carbons (Fsp3) is 0.615. The van der Waals surface area contributed by atoms with Crippen LogP contribution in [0, 0.1) is 11.3 Å². The molecule has 3 rings (SSSR count). The van der Waals surface area contributed by atoms with Crippen LogP contribution in [-0.4, -0.2) is 23.4 Å². The Morgan fingerprint density at radius 2 is 2.00 bits per heavy atom. The van der Waals surface area contributed by atoms with Gasteiger partial charge in [0.1, 0.15) is 23.7 Å². The van der Waals surface area contributed by atoms with Crippen molar-refractivity contribution in [1.29, 1.82) is 0 Å². The van der Waals surface area contributed by atoms with Gasteiger partial charge in [0.05, 0.1) is 6.10 Å². The highest BCUT2D eigenvalue weighted by atomic mass is 16.5. The van der Waals surface area contributed by atoms with Gasteiger partial charge in [-0.2, -0.15) is 0 Å². The predicted molar refractivity (Wildman–Crippen MR) is 120 cm³/mol. The van der Waals surface area contributed by atoms with Crippen LogP contribution in [0.15, 0.2) is 36.4 Å². The van der Waals surface area contributed by atoms with Crippen LogP contribution in [0.4, 0.5) is 0 Å². The minimum absolute atomic E-state index is 0.183. The average Bonchev–Trinajstić information content (AvgIpc) is 2.63. The summed E-state index contributed by atoms with van der Waals surface area (Å²) in [5.41, 5.74) is 2.92. The quantitative estimate of drug-likeness (QED) is 0.620. The van der Waals surface area contributed by atoms with E-state index in [-0.39, 0.29) is 28.5 Å². The van der Waals surface area contributed by atoms with E-state index in [0.717, 1.165) is 36.3 Å². The fourth-order valence-electron chi connectivity index (χ4n) is 4.95. The molecule has 2 aliphatic rings. The lowest BCUT2D eigenvalue weighted by atomic mass is 9.57. The Morgan fingerprint density at radius 1 is 1.31 bits per heavy atom. The first-order valence-corrected chi connectivity index (χ1v) is 10.8. The zero-order valence-corrected chi connectivity index (χ0v) is 19.3. The van der Waals surface area contributed by atoms with Gasteiger partial charge in [0.15, 0.2) is 0 Å². The molecule has 1 aromatic rings. The molecule has 1 N–H and O–H groups in total. The molecule has 0 saturated heterocycles. The molecule has 160 valence electrons. The first-order valence-electron chi connectivity index (χ1n) is 10.8. The largest absolute Gasteiger partial charge is 0.489 e. The van der Waals surface area contributed by atoms with Crippen molar-refractivity contribution in [3.05, 3.63) is 47.6 Å². The van der Waals surface area contributed by atoms with Crippen molar-refractivity contribution in [3.63, 3.8) is 0 Å².